The molecule has 0 unspecified atom stereocenters. The smallest absolute Gasteiger partial charge is 0.187 e. The van der Waals surface area contributed by atoms with Gasteiger partial charge in [-0.1, -0.05) is 0 Å². The monoisotopic (exact) mass is 202 g/mol. The molecule has 0 heterocycles. The number of hydrogen-bond donors (Lipinski definition) is 0. The van der Waals surface area contributed by atoms with Gasteiger partial charge in [0.15, 0.2) is 17.4 Å². The third kappa shape index (κ3) is 48.8. The van der Waals surface area contributed by atoms with Crippen molar-refractivity contribution in [1.29, 1.82) is 0 Å². The fraction of sp³-hybridized carbons (Fsp3) is 0.500. The average Bonchev–Trinajstić information content (AvgIpc) is 0.918. The van der Waals surface area contributed by atoms with Gasteiger partial charge in [0.2, 0.25) is 0 Å². The molecule has 0 saturated heterocycles. The fourth-order valence-electron chi connectivity index (χ4n) is 0. The zero-order chi connectivity index (χ0) is 2.71. The van der Waals surface area contributed by atoms with Crippen molar-refractivity contribution < 1.29 is 4.79 Å². The molecule has 0 aromatic rings. The summed E-state index contributed by atoms with van der Waals surface area (Å²) in [6, 6.07) is 0. The SMILES string of the molecule is CC=O.I.[AlH3]. The molecule has 0 N–H and O–H groups in total. The van der Waals surface area contributed by atoms with E-state index in [1.54, 1.807) is 0 Å². The van der Waals surface area contributed by atoms with Crippen LogP contribution in [0.1, 0.15) is 6.92 Å². The fourth-order valence-corrected chi connectivity index (χ4v) is 0. The van der Waals surface area contributed by atoms with Gasteiger partial charge >= 0.3 is 0 Å². The third-order valence-corrected chi connectivity index (χ3v) is 0. The largest absolute Gasteiger partial charge is 0.304 e. The lowest BCUT2D eigenvalue weighted by atomic mass is 11.0. The molecule has 3 heteroatoms. The van der Waals surface area contributed by atoms with Crippen molar-refractivity contribution in [3.05, 3.63) is 0 Å². The van der Waals surface area contributed by atoms with Crippen LogP contribution >= 0.6 is 24.0 Å². The molecule has 0 bridgehead atoms. The molecule has 1 nitrogen and oxygen atoms in total. The van der Waals surface area contributed by atoms with Crippen molar-refractivity contribution in [3.63, 3.8) is 0 Å². The molecule has 0 spiro atoms. The van der Waals surface area contributed by atoms with Gasteiger partial charge in [0, 0.05) is 0 Å². The molecule has 5 heavy (non-hydrogen) atoms. The summed E-state index contributed by atoms with van der Waals surface area (Å²) in [5.41, 5.74) is 0. The van der Waals surface area contributed by atoms with Crippen LogP contribution in [-0.2, 0) is 4.79 Å². The zero-order valence-electron chi connectivity index (χ0n) is 2.39. The number of halogens is 1. The molecule has 0 aromatic carbocycles. The highest BCUT2D eigenvalue weighted by molar-refractivity contribution is 14.0. The maximum absolute atomic E-state index is 8.81. The van der Waals surface area contributed by atoms with E-state index in [0.717, 1.165) is 6.29 Å². The highest BCUT2D eigenvalue weighted by Gasteiger charge is 1.24. The first kappa shape index (κ1) is 16.8. The summed E-state index contributed by atoms with van der Waals surface area (Å²) in [5.74, 6) is 0. The maximum atomic E-state index is 8.81. The molecule has 0 aromatic heterocycles. The first-order valence-electron chi connectivity index (χ1n) is 0.813. The topological polar surface area (TPSA) is 17.1 Å². The van der Waals surface area contributed by atoms with Gasteiger partial charge in [0.1, 0.15) is 6.29 Å². The summed E-state index contributed by atoms with van der Waals surface area (Å²) in [6.07, 6.45) is 0.750. The van der Waals surface area contributed by atoms with Crippen LogP contribution < -0.4 is 0 Å². The van der Waals surface area contributed by atoms with Gasteiger partial charge in [0.25, 0.3) is 0 Å². The molecule has 0 rings (SSSR count). The second-order valence-electron chi connectivity index (χ2n) is 0.236. The number of aldehydes is 1. The molecule has 0 aliphatic rings. The van der Waals surface area contributed by atoms with Crippen molar-refractivity contribution in [3.8, 4) is 0 Å². The highest BCUT2D eigenvalue weighted by Crippen LogP contribution is 1.13. The van der Waals surface area contributed by atoms with Crippen LogP contribution in [0.4, 0.5) is 0 Å². The Morgan fingerprint density at radius 1 is 1.60 bits per heavy atom. The molecular formula is C2H8AlIO. The molecule has 0 radical (unpaired) electrons. The van der Waals surface area contributed by atoms with Crippen LogP contribution in [0.15, 0.2) is 0 Å². The summed E-state index contributed by atoms with van der Waals surface area (Å²) in [5, 5.41) is 0. The van der Waals surface area contributed by atoms with E-state index in [9.17, 15) is 0 Å². The average molecular weight is 202 g/mol. The third-order valence-electron chi connectivity index (χ3n) is 0. The molecule has 0 aliphatic heterocycles. The van der Waals surface area contributed by atoms with Gasteiger partial charge in [-0.15, -0.1) is 24.0 Å². The Morgan fingerprint density at radius 3 is 1.60 bits per heavy atom. The van der Waals surface area contributed by atoms with Crippen LogP contribution in [0.25, 0.3) is 0 Å². The van der Waals surface area contributed by atoms with Crippen LogP contribution in [0, 0.1) is 0 Å². The van der Waals surface area contributed by atoms with Crippen LogP contribution in [0.5, 0.6) is 0 Å². The van der Waals surface area contributed by atoms with E-state index in [-0.39, 0.29) is 41.3 Å². The number of carbonyl (C=O) groups is 1. The van der Waals surface area contributed by atoms with Gasteiger partial charge in [-0.2, -0.15) is 0 Å². The summed E-state index contributed by atoms with van der Waals surface area (Å²) in [6.45, 7) is 1.44. The van der Waals surface area contributed by atoms with Crippen molar-refractivity contribution in [2.75, 3.05) is 0 Å². The van der Waals surface area contributed by atoms with E-state index in [2.05, 4.69) is 0 Å². The Bertz CT molecular complexity index is 17.1. The van der Waals surface area contributed by atoms with Crippen molar-refractivity contribution in [1.82, 2.24) is 0 Å². The predicted molar refractivity (Wildman–Crippen MR) is 37.1 cm³/mol. The number of rotatable bonds is 0. The predicted octanol–water partition coefficient (Wildman–Crippen LogP) is -0.361. The minimum Gasteiger partial charge on any atom is -0.304 e. The Morgan fingerprint density at radius 2 is 1.60 bits per heavy atom. The van der Waals surface area contributed by atoms with Crippen LogP contribution in [0.2, 0.25) is 0 Å². The molecule has 32 valence electrons. The van der Waals surface area contributed by atoms with Crippen LogP contribution in [0.3, 0.4) is 0 Å². The van der Waals surface area contributed by atoms with Crippen molar-refractivity contribution in [2.24, 2.45) is 0 Å². The van der Waals surface area contributed by atoms with E-state index in [1.165, 1.54) is 6.92 Å². The lowest BCUT2D eigenvalue weighted by Crippen LogP contribution is -1.36. The van der Waals surface area contributed by atoms with Gasteiger partial charge in [-0.25, -0.2) is 0 Å². The standard InChI is InChI=1S/C2H4O.Al.HI.3H/c1-2-3;;;;;/h2H,1H3;;1H;;;. The maximum Gasteiger partial charge on any atom is 0.187 e. The minimum atomic E-state index is 0. The second-order valence-corrected chi connectivity index (χ2v) is 0.236. The Hall–Kier alpha value is 0.932. The molecule has 0 amide bonds. The Kier molecular flexibility index (Phi) is 68.6. The Labute approximate surface area is 59.3 Å². The van der Waals surface area contributed by atoms with E-state index >= 15 is 0 Å². The molecule has 0 atom stereocenters. The van der Waals surface area contributed by atoms with E-state index in [1.807, 2.05) is 0 Å². The lowest BCUT2D eigenvalue weighted by Gasteiger charge is -1.23. The van der Waals surface area contributed by atoms with Crippen LogP contribution in [-0.4, -0.2) is 23.6 Å². The van der Waals surface area contributed by atoms with E-state index in [0.29, 0.717) is 0 Å². The molecular weight excluding hydrogens is 194 g/mol. The van der Waals surface area contributed by atoms with Gasteiger partial charge in [-0.3, -0.25) is 0 Å². The Balaban J connectivity index is -0.0000000200. The van der Waals surface area contributed by atoms with Crippen molar-refractivity contribution in [2.45, 2.75) is 6.92 Å². The number of carbonyl (C=O) groups excluding carboxylic acids is 1. The highest BCUT2D eigenvalue weighted by atomic mass is 127. The van der Waals surface area contributed by atoms with Crippen molar-refractivity contribution >= 4 is 47.6 Å². The van der Waals surface area contributed by atoms with Gasteiger partial charge < -0.3 is 4.79 Å². The summed E-state index contributed by atoms with van der Waals surface area (Å²) in [4.78, 5) is 8.81. The quantitative estimate of drug-likeness (QED) is 0.298. The van der Waals surface area contributed by atoms with E-state index < -0.39 is 0 Å². The summed E-state index contributed by atoms with van der Waals surface area (Å²) in [7, 11) is 0. The molecule has 0 aliphatic carbocycles. The molecule has 0 saturated carbocycles. The normalized spacial score (nSPS) is 2.60. The van der Waals surface area contributed by atoms with Gasteiger partial charge in [0.05, 0.1) is 0 Å². The minimum absolute atomic E-state index is 0. The first-order valence-corrected chi connectivity index (χ1v) is 0.813. The summed E-state index contributed by atoms with van der Waals surface area (Å²) >= 11 is 0. The number of hydrogen-bond acceptors (Lipinski definition) is 1. The van der Waals surface area contributed by atoms with E-state index in [4.69, 9.17) is 4.79 Å². The van der Waals surface area contributed by atoms with Gasteiger partial charge in [-0.05, 0) is 6.92 Å². The first-order chi connectivity index (χ1) is 1.41. The second kappa shape index (κ2) is 20.4. The summed E-state index contributed by atoms with van der Waals surface area (Å²) < 4.78 is 0. The molecule has 0 fully saturated rings. The zero-order valence-corrected chi connectivity index (χ0v) is 4.72. The lowest BCUT2D eigenvalue weighted by molar-refractivity contribution is -0.106.